The van der Waals surface area contributed by atoms with Crippen molar-refractivity contribution in [1.82, 2.24) is 0 Å². The smallest absolute Gasteiger partial charge is 0.0761 e. The van der Waals surface area contributed by atoms with Crippen molar-refractivity contribution in [3.05, 3.63) is 34.9 Å². The number of aliphatic hydroxyl groups is 1. The van der Waals surface area contributed by atoms with Gasteiger partial charge < -0.3 is 10.8 Å². The van der Waals surface area contributed by atoms with Crippen LogP contribution in [0.4, 0.5) is 0 Å². The van der Waals surface area contributed by atoms with E-state index >= 15 is 0 Å². The summed E-state index contributed by atoms with van der Waals surface area (Å²) in [5, 5.41) is 10.5. The topological polar surface area (TPSA) is 46.2 Å². The minimum absolute atomic E-state index is 0.241. The fourth-order valence-corrected chi connectivity index (χ4v) is 3.29. The number of rotatable bonds is 3. The lowest BCUT2D eigenvalue weighted by Crippen LogP contribution is -2.35. The van der Waals surface area contributed by atoms with Crippen LogP contribution in [0.15, 0.2) is 18.2 Å². The van der Waals surface area contributed by atoms with E-state index in [9.17, 15) is 5.11 Å². The lowest BCUT2D eigenvalue weighted by atomic mass is 9.80. The maximum Gasteiger partial charge on any atom is 0.0761 e. The zero-order valence-electron chi connectivity index (χ0n) is 11.5. The monoisotopic (exact) mass is 247 g/mol. The molecule has 0 amide bonds. The van der Waals surface area contributed by atoms with Crippen molar-refractivity contribution in [2.75, 3.05) is 0 Å². The van der Waals surface area contributed by atoms with E-state index in [1.54, 1.807) is 0 Å². The fourth-order valence-electron chi connectivity index (χ4n) is 3.29. The minimum atomic E-state index is -0.398. The minimum Gasteiger partial charge on any atom is -0.391 e. The standard InChI is InChI=1S/C16H25NO/c1-11-7-6-8-12(2)14(11)15(17)16(18)13-9-4-3-5-10-13/h6-8,13,15-16,18H,3-5,9-10,17H2,1-2H3/t15-,16+/m0/s1. The summed E-state index contributed by atoms with van der Waals surface area (Å²) in [4.78, 5) is 0. The summed E-state index contributed by atoms with van der Waals surface area (Å²) in [6.07, 6.45) is 5.63. The Morgan fingerprint density at radius 3 is 2.22 bits per heavy atom. The second kappa shape index (κ2) is 5.85. The molecule has 100 valence electrons. The average molecular weight is 247 g/mol. The van der Waals surface area contributed by atoms with Crippen molar-refractivity contribution >= 4 is 0 Å². The maximum absolute atomic E-state index is 10.5. The molecule has 0 aliphatic heterocycles. The van der Waals surface area contributed by atoms with Gasteiger partial charge in [-0.15, -0.1) is 0 Å². The molecular weight excluding hydrogens is 222 g/mol. The summed E-state index contributed by atoms with van der Waals surface area (Å²) >= 11 is 0. The molecular formula is C16H25NO. The molecule has 0 saturated heterocycles. The van der Waals surface area contributed by atoms with Crippen LogP contribution in [0.5, 0.6) is 0 Å². The first kappa shape index (κ1) is 13.6. The quantitative estimate of drug-likeness (QED) is 0.861. The number of aliphatic hydroxyl groups excluding tert-OH is 1. The number of nitrogens with two attached hydrogens (primary N) is 1. The normalized spacial score (nSPS) is 20.7. The Kier molecular flexibility index (Phi) is 4.41. The molecule has 0 heterocycles. The molecule has 2 heteroatoms. The molecule has 3 N–H and O–H groups in total. The summed E-state index contributed by atoms with van der Waals surface area (Å²) < 4.78 is 0. The molecule has 1 aromatic rings. The SMILES string of the molecule is Cc1cccc(C)c1[C@H](N)[C@H](O)C1CCCCC1. The van der Waals surface area contributed by atoms with Crippen LogP contribution in [0.1, 0.15) is 54.8 Å². The first-order chi connectivity index (χ1) is 8.61. The molecule has 0 unspecified atom stereocenters. The lowest BCUT2D eigenvalue weighted by molar-refractivity contribution is 0.0614. The zero-order valence-corrected chi connectivity index (χ0v) is 11.5. The van der Waals surface area contributed by atoms with Crippen LogP contribution in [-0.4, -0.2) is 11.2 Å². The van der Waals surface area contributed by atoms with Crippen LogP contribution in [0.25, 0.3) is 0 Å². The molecule has 1 aromatic carbocycles. The second-order valence-electron chi connectivity index (χ2n) is 5.72. The van der Waals surface area contributed by atoms with Gasteiger partial charge in [0.15, 0.2) is 0 Å². The Balaban J connectivity index is 2.16. The Morgan fingerprint density at radius 2 is 1.67 bits per heavy atom. The lowest BCUT2D eigenvalue weighted by Gasteiger charge is -2.31. The molecule has 2 atom stereocenters. The van der Waals surface area contributed by atoms with Crippen molar-refractivity contribution in [1.29, 1.82) is 0 Å². The number of hydrogen-bond acceptors (Lipinski definition) is 2. The largest absolute Gasteiger partial charge is 0.391 e. The van der Waals surface area contributed by atoms with Gasteiger partial charge in [0.05, 0.1) is 12.1 Å². The van der Waals surface area contributed by atoms with Crippen LogP contribution in [0.3, 0.4) is 0 Å². The Labute approximate surface area is 110 Å². The third kappa shape index (κ3) is 2.76. The van der Waals surface area contributed by atoms with Gasteiger partial charge in [0, 0.05) is 0 Å². The van der Waals surface area contributed by atoms with E-state index in [0.29, 0.717) is 5.92 Å². The van der Waals surface area contributed by atoms with E-state index in [1.807, 2.05) is 6.07 Å². The summed E-state index contributed by atoms with van der Waals surface area (Å²) in [7, 11) is 0. The van der Waals surface area contributed by atoms with Crippen molar-refractivity contribution in [2.45, 2.75) is 58.1 Å². The predicted molar refractivity (Wildman–Crippen MR) is 75.4 cm³/mol. The number of aryl methyl sites for hydroxylation is 2. The third-order valence-electron chi connectivity index (χ3n) is 4.38. The molecule has 1 saturated carbocycles. The van der Waals surface area contributed by atoms with Gasteiger partial charge >= 0.3 is 0 Å². The van der Waals surface area contributed by atoms with E-state index in [1.165, 1.54) is 30.4 Å². The van der Waals surface area contributed by atoms with Gasteiger partial charge in [-0.3, -0.25) is 0 Å². The predicted octanol–water partition coefficient (Wildman–Crippen LogP) is 3.24. The maximum atomic E-state index is 10.5. The Morgan fingerprint density at radius 1 is 1.11 bits per heavy atom. The first-order valence-electron chi connectivity index (χ1n) is 7.11. The van der Waals surface area contributed by atoms with Gasteiger partial charge in [-0.25, -0.2) is 0 Å². The Bertz CT molecular complexity index is 376. The average Bonchev–Trinajstić information content (AvgIpc) is 2.38. The molecule has 1 fully saturated rings. The highest BCUT2D eigenvalue weighted by atomic mass is 16.3. The van der Waals surface area contributed by atoms with Crippen molar-refractivity contribution in [3.63, 3.8) is 0 Å². The van der Waals surface area contributed by atoms with Crippen LogP contribution < -0.4 is 5.73 Å². The molecule has 1 aliphatic rings. The van der Waals surface area contributed by atoms with E-state index in [2.05, 4.69) is 26.0 Å². The summed E-state index contributed by atoms with van der Waals surface area (Å²) in [5.74, 6) is 0.382. The molecule has 18 heavy (non-hydrogen) atoms. The van der Waals surface area contributed by atoms with Gasteiger partial charge in [-0.05, 0) is 49.3 Å². The van der Waals surface area contributed by atoms with E-state index in [-0.39, 0.29) is 6.04 Å². The Hall–Kier alpha value is -0.860. The molecule has 0 bridgehead atoms. The van der Waals surface area contributed by atoms with E-state index in [4.69, 9.17) is 5.73 Å². The summed E-state index contributed by atoms with van der Waals surface area (Å²) in [5.41, 5.74) is 9.84. The van der Waals surface area contributed by atoms with Gasteiger partial charge in [0.1, 0.15) is 0 Å². The summed E-state index contributed by atoms with van der Waals surface area (Å²) in [6, 6.07) is 5.97. The highest BCUT2D eigenvalue weighted by Gasteiger charge is 2.28. The number of hydrogen-bond donors (Lipinski definition) is 2. The van der Waals surface area contributed by atoms with Crippen molar-refractivity contribution < 1.29 is 5.11 Å². The highest BCUT2D eigenvalue weighted by Crippen LogP contribution is 2.33. The van der Waals surface area contributed by atoms with Crippen LogP contribution in [0.2, 0.25) is 0 Å². The molecule has 2 rings (SSSR count). The van der Waals surface area contributed by atoms with Crippen LogP contribution in [0, 0.1) is 19.8 Å². The summed E-state index contributed by atoms with van der Waals surface area (Å²) in [6.45, 7) is 4.16. The van der Waals surface area contributed by atoms with E-state index in [0.717, 1.165) is 18.4 Å². The van der Waals surface area contributed by atoms with Crippen molar-refractivity contribution in [2.24, 2.45) is 11.7 Å². The molecule has 2 nitrogen and oxygen atoms in total. The number of benzene rings is 1. The molecule has 0 spiro atoms. The first-order valence-corrected chi connectivity index (χ1v) is 7.11. The highest BCUT2D eigenvalue weighted by molar-refractivity contribution is 5.36. The third-order valence-corrected chi connectivity index (χ3v) is 4.38. The van der Waals surface area contributed by atoms with Gasteiger partial charge in [0.25, 0.3) is 0 Å². The van der Waals surface area contributed by atoms with Crippen LogP contribution in [-0.2, 0) is 0 Å². The van der Waals surface area contributed by atoms with Gasteiger partial charge in [-0.1, -0.05) is 37.5 Å². The molecule has 1 aliphatic carbocycles. The second-order valence-corrected chi connectivity index (χ2v) is 5.72. The van der Waals surface area contributed by atoms with Gasteiger partial charge in [0.2, 0.25) is 0 Å². The zero-order chi connectivity index (χ0) is 13.1. The van der Waals surface area contributed by atoms with E-state index < -0.39 is 6.10 Å². The van der Waals surface area contributed by atoms with Crippen molar-refractivity contribution in [3.8, 4) is 0 Å². The molecule has 0 aromatic heterocycles. The van der Waals surface area contributed by atoms with Crippen LogP contribution >= 0.6 is 0 Å². The molecule has 0 radical (unpaired) electrons. The fraction of sp³-hybridized carbons (Fsp3) is 0.625. The van der Waals surface area contributed by atoms with Gasteiger partial charge in [-0.2, -0.15) is 0 Å².